The van der Waals surface area contributed by atoms with E-state index in [1.54, 1.807) is 6.20 Å². The molecule has 0 bridgehead atoms. The van der Waals surface area contributed by atoms with Crippen LogP contribution in [0.2, 0.25) is 0 Å². The second-order valence-corrected chi connectivity index (χ2v) is 4.96. The Morgan fingerprint density at radius 1 is 1.14 bits per heavy atom. The molecule has 0 radical (unpaired) electrons. The van der Waals surface area contributed by atoms with E-state index in [9.17, 15) is 0 Å². The zero-order valence-electron chi connectivity index (χ0n) is 12.0. The number of aromatic nitrogens is 1. The first-order valence-corrected chi connectivity index (χ1v) is 7.04. The highest BCUT2D eigenvalue weighted by atomic mass is 15.2. The van der Waals surface area contributed by atoms with Gasteiger partial charge in [-0.15, -0.1) is 0 Å². The second kappa shape index (κ2) is 6.22. The lowest BCUT2D eigenvalue weighted by Crippen LogP contribution is -2.30. The molecule has 0 saturated heterocycles. The van der Waals surface area contributed by atoms with Gasteiger partial charge in [0.25, 0.3) is 0 Å². The topological polar surface area (TPSA) is 40.5 Å². The van der Waals surface area contributed by atoms with Gasteiger partial charge in [0.1, 0.15) is 12.5 Å². The summed E-state index contributed by atoms with van der Waals surface area (Å²) in [5, 5.41) is 3.43. The molecule has 0 saturated carbocycles. The molecule has 2 heterocycles. The number of pyridine rings is 1. The summed E-state index contributed by atoms with van der Waals surface area (Å²) in [4.78, 5) is 10.8. The minimum Gasteiger partial charge on any atom is -0.364 e. The van der Waals surface area contributed by atoms with Crippen molar-refractivity contribution < 1.29 is 0 Å². The Balaban J connectivity index is 1.62. The van der Waals surface area contributed by atoms with Crippen LogP contribution in [0.5, 0.6) is 0 Å². The maximum Gasteiger partial charge on any atom is 0.124 e. The zero-order chi connectivity index (χ0) is 14.5. The lowest BCUT2D eigenvalue weighted by atomic mass is 10.1. The average Bonchev–Trinajstić information content (AvgIpc) is 2.57. The molecule has 2 aromatic rings. The van der Waals surface area contributed by atoms with Crippen LogP contribution in [0.15, 0.2) is 72.1 Å². The van der Waals surface area contributed by atoms with Crippen molar-refractivity contribution in [3.8, 4) is 0 Å². The third kappa shape index (κ3) is 3.28. The van der Waals surface area contributed by atoms with E-state index in [4.69, 9.17) is 0 Å². The van der Waals surface area contributed by atoms with Crippen molar-refractivity contribution in [2.75, 3.05) is 11.6 Å². The van der Waals surface area contributed by atoms with E-state index < -0.39 is 0 Å². The van der Waals surface area contributed by atoms with Crippen molar-refractivity contribution in [3.63, 3.8) is 0 Å². The van der Waals surface area contributed by atoms with Gasteiger partial charge in [0, 0.05) is 18.4 Å². The standard InChI is InChI=1S/C17H18N4/c1-14(15-6-3-2-4-7-15)20-17-9-11-21(13-19-17)16-8-5-10-18-12-16/h2-12,14H,13H2,1H3,(H,19,20). The van der Waals surface area contributed by atoms with Crippen LogP contribution in [0, 0.1) is 0 Å². The molecular weight excluding hydrogens is 260 g/mol. The maximum absolute atomic E-state index is 4.57. The van der Waals surface area contributed by atoms with Crippen LogP contribution in [0.3, 0.4) is 0 Å². The van der Waals surface area contributed by atoms with Crippen LogP contribution >= 0.6 is 0 Å². The first-order valence-electron chi connectivity index (χ1n) is 7.04. The molecule has 1 N–H and O–H groups in total. The highest BCUT2D eigenvalue weighted by molar-refractivity contribution is 5.94. The van der Waals surface area contributed by atoms with Crippen molar-refractivity contribution in [1.82, 2.24) is 10.3 Å². The number of hydrogen-bond acceptors (Lipinski definition) is 4. The summed E-state index contributed by atoms with van der Waals surface area (Å²) >= 11 is 0. The first-order chi connectivity index (χ1) is 10.3. The van der Waals surface area contributed by atoms with Crippen molar-refractivity contribution in [2.24, 2.45) is 4.99 Å². The molecule has 0 aliphatic carbocycles. The van der Waals surface area contributed by atoms with Crippen molar-refractivity contribution in [2.45, 2.75) is 13.0 Å². The first kappa shape index (κ1) is 13.4. The highest BCUT2D eigenvalue weighted by Gasteiger charge is 2.10. The summed E-state index contributed by atoms with van der Waals surface area (Å²) in [5.41, 5.74) is 2.30. The molecule has 106 valence electrons. The van der Waals surface area contributed by atoms with Gasteiger partial charge >= 0.3 is 0 Å². The smallest absolute Gasteiger partial charge is 0.124 e. The maximum atomic E-state index is 4.57. The predicted octanol–water partition coefficient (Wildman–Crippen LogP) is 3.12. The van der Waals surface area contributed by atoms with Crippen LogP contribution in [0.1, 0.15) is 18.5 Å². The number of hydrogen-bond donors (Lipinski definition) is 1. The van der Waals surface area contributed by atoms with E-state index in [0.29, 0.717) is 6.67 Å². The van der Waals surface area contributed by atoms with Gasteiger partial charge in [-0.05, 0) is 30.7 Å². The second-order valence-electron chi connectivity index (χ2n) is 4.96. The lowest BCUT2D eigenvalue weighted by molar-refractivity contribution is 0.712. The number of benzene rings is 1. The van der Waals surface area contributed by atoms with E-state index in [2.05, 4.69) is 51.4 Å². The Labute approximate surface area is 124 Å². The van der Waals surface area contributed by atoms with Gasteiger partial charge in [-0.3, -0.25) is 4.98 Å². The van der Waals surface area contributed by atoms with E-state index in [1.165, 1.54) is 5.56 Å². The molecule has 1 aromatic carbocycles. The van der Waals surface area contributed by atoms with Gasteiger partial charge < -0.3 is 10.2 Å². The molecule has 1 aliphatic rings. The Bertz CT molecular complexity index is 634. The van der Waals surface area contributed by atoms with Crippen molar-refractivity contribution in [1.29, 1.82) is 0 Å². The third-order valence-corrected chi connectivity index (χ3v) is 3.45. The molecular formula is C17H18N4. The van der Waals surface area contributed by atoms with Gasteiger partial charge in [-0.2, -0.15) is 0 Å². The van der Waals surface area contributed by atoms with Gasteiger partial charge in [-0.25, -0.2) is 4.99 Å². The van der Waals surface area contributed by atoms with Crippen LogP contribution in [-0.4, -0.2) is 17.5 Å². The summed E-state index contributed by atoms with van der Waals surface area (Å²) in [6.07, 6.45) is 7.64. The molecule has 1 aromatic heterocycles. The summed E-state index contributed by atoms with van der Waals surface area (Å²) in [5.74, 6) is 0.909. The molecule has 0 amide bonds. The summed E-state index contributed by atoms with van der Waals surface area (Å²) in [6, 6.07) is 14.6. The van der Waals surface area contributed by atoms with E-state index in [0.717, 1.165) is 11.5 Å². The van der Waals surface area contributed by atoms with Gasteiger partial charge in [0.2, 0.25) is 0 Å². The van der Waals surface area contributed by atoms with Crippen LogP contribution < -0.4 is 10.2 Å². The quantitative estimate of drug-likeness (QED) is 0.937. The summed E-state index contributed by atoms with van der Waals surface area (Å²) in [7, 11) is 0. The summed E-state index contributed by atoms with van der Waals surface area (Å²) in [6.45, 7) is 2.74. The number of anilines is 1. The van der Waals surface area contributed by atoms with Crippen molar-refractivity contribution in [3.05, 3.63) is 72.7 Å². The fraction of sp³-hybridized carbons (Fsp3) is 0.176. The molecule has 21 heavy (non-hydrogen) atoms. The SMILES string of the molecule is CC(NC1=NCN(c2cccnc2)C=C1)c1ccccc1. The van der Waals surface area contributed by atoms with Crippen LogP contribution in [0.4, 0.5) is 5.69 Å². The number of nitrogens with one attached hydrogen (secondary N) is 1. The monoisotopic (exact) mass is 278 g/mol. The van der Waals surface area contributed by atoms with Crippen LogP contribution in [0.25, 0.3) is 0 Å². The van der Waals surface area contributed by atoms with E-state index in [-0.39, 0.29) is 6.04 Å². The lowest BCUT2D eigenvalue weighted by Gasteiger charge is -2.23. The normalized spacial score (nSPS) is 15.5. The minimum atomic E-state index is 0.236. The van der Waals surface area contributed by atoms with Gasteiger partial charge in [-0.1, -0.05) is 30.3 Å². The molecule has 1 atom stereocenters. The average molecular weight is 278 g/mol. The molecule has 0 fully saturated rings. The molecule has 1 unspecified atom stereocenters. The molecule has 1 aliphatic heterocycles. The molecule has 4 nitrogen and oxygen atoms in total. The third-order valence-electron chi connectivity index (χ3n) is 3.45. The highest BCUT2D eigenvalue weighted by Crippen LogP contribution is 2.15. The molecule has 0 spiro atoms. The zero-order valence-corrected chi connectivity index (χ0v) is 12.0. The summed E-state index contributed by atoms with van der Waals surface area (Å²) < 4.78 is 0. The van der Waals surface area contributed by atoms with Gasteiger partial charge in [0.15, 0.2) is 0 Å². The number of rotatable bonds is 3. The Kier molecular flexibility index (Phi) is 3.96. The Morgan fingerprint density at radius 3 is 2.67 bits per heavy atom. The molecule has 4 heteroatoms. The number of amidine groups is 1. The number of nitrogens with zero attached hydrogens (tertiary/aromatic N) is 3. The number of aliphatic imine (C=N–C) groups is 1. The predicted molar refractivity (Wildman–Crippen MR) is 86.2 cm³/mol. The minimum absolute atomic E-state index is 0.236. The largest absolute Gasteiger partial charge is 0.364 e. The fourth-order valence-electron chi connectivity index (χ4n) is 2.24. The Morgan fingerprint density at radius 2 is 2.00 bits per heavy atom. The van der Waals surface area contributed by atoms with Gasteiger partial charge in [0.05, 0.1) is 11.9 Å². The van der Waals surface area contributed by atoms with E-state index in [1.807, 2.05) is 36.7 Å². The fourth-order valence-corrected chi connectivity index (χ4v) is 2.24. The van der Waals surface area contributed by atoms with E-state index >= 15 is 0 Å². The Hall–Kier alpha value is -2.62. The van der Waals surface area contributed by atoms with Crippen molar-refractivity contribution >= 4 is 11.5 Å². The molecule has 3 rings (SSSR count). The van der Waals surface area contributed by atoms with Crippen LogP contribution in [-0.2, 0) is 0 Å².